The van der Waals surface area contributed by atoms with Gasteiger partial charge in [-0.2, -0.15) is 5.10 Å². The van der Waals surface area contributed by atoms with Crippen LogP contribution in [0.2, 0.25) is 5.02 Å². The Hall–Kier alpha value is -3.39. The molecule has 8 nitrogen and oxygen atoms in total. The van der Waals surface area contributed by atoms with E-state index in [0.29, 0.717) is 17.7 Å². The molecule has 0 saturated carbocycles. The van der Waals surface area contributed by atoms with E-state index >= 15 is 0 Å². The number of carbonyl (C=O) groups is 3. The zero-order valence-electron chi connectivity index (χ0n) is 20.8. The lowest BCUT2D eigenvalue weighted by atomic mass is 10.1. The summed E-state index contributed by atoms with van der Waals surface area (Å²) in [6.07, 6.45) is 9.75. The Labute approximate surface area is 217 Å². The van der Waals surface area contributed by atoms with Crippen molar-refractivity contribution in [1.82, 2.24) is 10.7 Å². The van der Waals surface area contributed by atoms with Gasteiger partial charge in [-0.15, -0.1) is 0 Å². The fourth-order valence-electron chi connectivity index (χ4n) is 3.36. The van der Waals surface area contributed by atoms with E-state index in [2.05, 4.69) is 22.8 Å². The zero-order valence-corrected chi connectivity index (χ0v) is 21.6. The van der Waals surface area contributed by atoms with Gasteiger partial charge in [0.1, 0.15) is 0 Å². The third-order valence-corrected chi connectivity index (χ3v) is 5.67. The van der Waals surface area contributed by atoms with Gasteiger partial charge in [-0.25, -0.2) is 10.2 Å². The maximum absolute atomic E-state index is 12.4. The molecule has 0 spiro atoms. The molecule has 2 rings (SSSR count). The quantitative estimate of drug-likeness (QED) is 0.110. The average molecular weight is 516 g/mol. The summed E-state index contributed by atoms with van der Waals surface area (Å²) in [7, 11) is 1.44. The van der Waals surface area contributed by atoms with Crippen molar-refractivity contribution in [2.45, 2.75) is 58.3 Å². The molecule has 2 aromatic carbocycles. The molecular weight excluding hydrogens is 482 g/mol. The molecule has 0 fully saturated rings. The normalized spacial score (nSPS) is 10.8. The molecule has 0 atom stereocenters. The molecule has 0 saturated heterocycles. The van der Waals surface area contributed by atoms with Crippen molar-refractivity contribution in [3.05, 3.63) is 58.6 Å². The molecule has 2 N–H and O–H groups in total. The number of nitrogens with zero attached hydrogens (tertiary/aromatic N) is 1. The minimum absolute atomic E-state index is 0.144. The first-order valence-electron chi connectivity index (χ1n) is 12.2. The van der Waals surface area contributed by atoms with Gasteiger partial charge in [-0.3, -0.25) is 9.59 Å². The molecule has 2 aromatic rings. The van der Waals surface area contributed by atoms with Crippen LogP contribution >= 0.6 is 11.6 Å². The molecule has 36 heavy (non-hydrogen) atoms. The van der Waals surface area contributed by atoms with Crippen LogP contribution in [0.4, 0.5) is 0 Å². The van der Waals surface area contributed by atoms with Gasteiger partial charge >= 0.3 is 5.97 Å². The summed E-state index contributed by atoms with van der Waals surface area (Å²) in [4.78, 5) is 36.2. The second kappa shape index (κ2) is 16.3. The van der Waals surface area contributed by atoms with Crippen LogP contribution in [0, 0.1) is 0 Å². The highest BCUT2D eigenvalue weighted by molar-refractivity contribution is 6.33. The Morgan fingerprint density at radius 1 is 0.944 bits per heavy atom. The molecule has 0 bridgehead atoms. The Morgan fingerprint density at radius 2 is 1.67 bits per heavy atom. The van der Waals surface area contributed by atoms with Crippen molar-refractivity contribution in [3.8, 4) is 11.5 Å². The number of methoxy groups -OCH3 is 1. The van der Waals surface area contributed by atoms with Crippen molar-refractivity contribution in [3.63, 3.8) is 0 Å². The number of hydrogen-bond acceptors (Lipinski definition) is 6. The molecule has 0 heterocycles. The Morgan fingerprint density at radius 3 is 2.39 bits per heavy atom. The first kappa shape index (κ1) is 28.8. The van der Waals surface area contributed by atoms with E-state index in [0.717, 1.165) is 19.3 Å². The van der Waals surface area contributed by atoms with Gasteiger partial charge in [-0.05, 0) is 42.3 Å². The fraction of sp³-hybridized carbons (Fsp3) is 0.407. The number of amides is 2. The molecule has 194 valence electrons. The van der Waals surface area contributed by atoms with E-state index in [9.17, 15) is 14.4 Å². The second-order valence-electron chi connectivity index (χ2n) is 8.22. The molecular formula is C27H34ClN3O5. The molecule has 0 aliphatic rings. The lowest BCUT2D eigenvalue weighted by molar-refractivity contribution is -0.126. The van der Waals surface area contributed by atoms with Gasteiger partial charge < -0.3 is 14.8 Å². The van der Waals surface area contributed by atoms with E-state index < -0.39 is 11.9 Å². The van der Waals surface area contributed by atoms with E-state index in [4.69, 9.17) is 21.1 Å². The van der Waals surface area contributed by atoms with Crippen LogP contribution in [0.3, 0.4) is 0 Å². The zero-order chi connectivity index (χ0) is 26.2. The summed E-state index contributed by atoms with van der Waals surface area (Å²) < 4.78 is 10.7. The largest absolute Gasteiger partial charge is 0.493 e. The van der Waals surface area contributed by atoms with Crippen LogP contribution in [0.5, 0.6) is 11.5 Å². The highest BCUT2D eigenvalue weighted by atomic mass is 35.5. The predicted octanol–water partition coefficient (Wildman–Crippen LogP) is 5.27. The molecule has 0 aliphatic heterocycles. The first-order valence-corrected chi connectivity index (χ1v) is 12.6. The van der Waals surface area contributed by atoms with Crippen LogP contribution < -0.4 is 20.2 Å². The number of nitrogens with one attached hydrogen (secondary N) is 2. The maximum atomic E-state index is 12.4. The number of halogens is 1. The Kier molecular flexibility index (Phi) is 13.1. The van der Waals surface area contributed by atoms with Crippen LogP contribution in [-0.2, 0) is 9.59 Å². The summed E-state index contributed by atoms with van der Waals surface area (Å²) in [5.41, 5.74) is 3.21. The molecule has 9 heteroatoms. The molecule has 0 aliphatic carbocycles. The Balaban J connectivity index is 1.75. The standard InChI is InChI=1S/C27H34ClN3O5/c1-3-4-5-6-7-8-9-14-25(32)29-19-26(33)31-30-18-20-15-16-23(24(17-20)35-2)36-27(34)21-12-10-11-13-22(21)28/h10-13,15-18H,3-9,14,19H2,1-2H3,(H,29,32)(H,31,33)/b30-18-. The topological polar surface area (TPSA) is 106 Å². The third-order valence-electron chi connectivity index (χ3n) is 5.34. The molecule has 0 radical (unpaired) electrons. The number of carbonyl (C=O) groups excluding carboxylic acids is 3. The van der Waals surface area contributed by atoms with Gasteiger partial charge in [0.05, 0.1) is 30.5 Å². The number of hydrazone groups is 1. The number of unbranched alkanes of at least 4 members (excludes halogenated alkanes) is 6. The third kappa shape index (κ3) is 10.5. The number of esters is 1. The predicted molar refractivity (Wildman–Crippen MR) is 141 cm³/mol. The van der Waals surface area contributed by atoms with Gasteiger partial charge in [0, 0.05) is 6.42 Å². The van der Waals surface area contributed by atoms with Gasteiger partial charge in [0.25, 0.3) is 5.91 Å². The van der Waals surface area contributed by atoms with Crippen molar-refractivity contribution in [2.24, 2.45) is 5.10 Å². The average Bonchev–Trinajstić information content (AvgIpc) is 2.87. The number of ether oxygens (including phenoxy) is 2. The number of benzene rings is 2. The lowest BCUT2D eigenvalue weighted by Crippen LogP contribution is -2.34. The summed E-state index contributed by atoms with van der Waals surface area (Å²) in [5.74, 6) is -0.664. The van der Waals surface area contributed by atoms with Crippen molar-refractivity contribution in [2.75, 3.05) is 13.7 Å². The lowest BCUT2D eigenvalue weighted by Gasteiger charge is -2.10. The van der Waals surface area contributed by atoms with Crippen LogP contribution in [0.25, 0.3) is 0 Å². The minimum Gasteiger partial charge on any atom is -0.493 e. The highest BCUT2D eigenvalue weighted by Gasteiger charge is 2.15. The molecule has 0 aromatic heterocycles. The highest BCUT2D eigenvalue weighted by Crippen LogP contribution is 2.29. The summed E-state index contributed by atoms with van der Waals surface area (Å²) in [6.45, 7) is 2.04. The van der Waals surface area contributed by atoms with E-state index in [1.54, 1.807) is 42.5 Å². The SMILES string of the molecule is CCCCCCCCCC(=O)NCC(=O)N/N=C\c1ccc(OC(=O)c2ccccc2Cl)c(OC)c1. The van der Waals surface area contributed by atoms with Crippen molar-refractivity contribution < 1.29 is 23.9 Å². The summed E-state index contributed by atoms with van der Waals surface area (Å²) in [6, 6.07) is 11.4. The molecule has 2 amide bonds. The van der Waals surface area contributed by atoms with Gasteiger partial charge in [0.2, 0.25) is 5.91 Å². The van der Waals surface area contributed by atoms with E-state index in [1.165, 1.54) is 39.0 Å². The first-order chi connectivity index (χ1) is 17.4. The minimum atomic E-state index is -0.610. The van der Waals surface area contributed by atoms with Crippen molar-refractivity contribution >= 4 is 35.6 Å². The smallest absolute Gasteiger partial charge is 0.345 e. The van der Waals surface area contributed by atoms with Crippen LogP contribution in [-0.4, -0.2) is 37.7 Å². The maximum Gasteiger partial charge on any atom is 0.345 e. The van der Waals surface area contributed by atoms with E-state index in [1.807, 2.05) is 0 Å². The monoisotopic (exact) mass is 515 g/mol. The number of hydrogen-bond donors (Lipinski definition) is 2. The van der Waals surface area contributed by atoms with Gasteiger partial charge in [0.15, 0.2) is 11.5 Å². The van der Waals surface area contributed by atoms with Crippen LogP contribution in [0.15, 0.2) is 47.6 Å². The van der Waals surface area contributed by atoms with E-state index in [-0.39, 0.29) is 28.8 Å². The summed E-state index contributed by atoms with van der Waals surface area (Å²) in [5, 5.41) is 6.79. The number of rotatable bonds is 15. The van der Waals surface area contributed by atoms with Crippen LogP contribution in [0.1, 0.15) is 74.2 Å². The molecule has 0 unspecified atom stereocenters. The Bertz CT molecular complexity index is 1040. The van der Waals surface area contributed by atoms with Crippen molar-refractivity contribution in [1.29, 1.82) is 0 Å². The second-order valence-corrected chi connectivity index (χ2v) is 8.63. The summed E-state index contributed by atoms with van der Waals surface area (Å²) >= 11 is 6.05. The van der Waals surface area contributed by atoms with Gasteiger partial charge in [-0.1, -0.05) is 69.2 Å². The fourth-order valence-corrected chi connectivity index (χ4v) is 3.57.